The zero-order valence-corrected chi connectivity index (χ0v) is 13.5. The van der Waals surface area contributed by atoms with Crippen molar-refractivity contribution < 1.29 is 9.21 Å². The minimum absolute atomic E-state index is 0.0172. The first kappa shape index (κ1) is 15.7. The molecular weight excluding hydrogens is 290 g/mol. The number of nitrogens with one attached hydrogen (secondary N) is 1. The first-order valence-electron chi connectivity index (χ1n) is 8.14. The Hall–Kier alpha value is -2.14. The standard InChI is InChI=1S/C18H23N3O2/c1-14-2-6-19-11-17(14)18(22)20-10-15-3-7-21(8-4-15)12-16-5-9-23-13-16/h2,5-6,9,11,13,15H,3-4,7-8,10,12H2,1H3,(H,20,22). The molecule has 0 spiro atoms. The molecule has 0 bridgehead atoms. The smallest absolute Gasteiger partial charge is 0.253 e. The molecule has 1 fully saturated rings. The van der Waals surface area contributed by atoms with Crippen LogP contribution in [0, 0.1) is 12.8 Å². The third-order valence-corrected chi connectivity index (χ3v) is 4.53. The van der Waals surface area contributed by atoms with Gasteiger partial charge in [0.05, 0.1) is 18.1 Å². The van der Waals surface area contributed by atoms with Crippen molar-refractivity contribution in [1.29, 1.82) is 0 Å². The lowest BCUT2D eigenvalue weighted by molar-refractivity contribution is 0.0934. The number of hydrogen-bond acceptors (Lipinski definition) is 4. The van der Waals surface area contributed by atoms with E-state index in [1.165, 1.54) is 5.56 Å². The van der Waals surface area contributed by atoms with E-state index in [1.807, 2.05) is 25.3 Å². The van der Waals surface area contributed by atoms with Crippen molar-refractivity contribution in [3.63, 3.8) is 0 Å². The van der Waals surface area contributed by atoms with Crippen LogP contribution in [-0.2, 0) is 6.54 Å². The summed E-state index contributed by atoms with van der Waals surface area (Å²) >= 11 is 0. The molecule has 0 aromatic carbocycles. The Balaban J connectivity index is 1.42. The van der Waals surface area contributed by atoms with E-state index in [9.17, 15) is 4.79 Å². The summed E-state index contributed by atoms with van der Waals surface area (Å²) < 4.78 is 5.11. The summed E-state index contributed by atoms with van der Waals surface area (Å²) in [4.78, 5) is 18.7. The van der Waals surface area contributed by atoms with E-state index in [-0.39, 0.29) is 5.91 Å². The van der Waals surface area contributed by atoms with Gasteiger partial charge in [-0.05, 0) is 56.5 Å². The normalized spacial score (nSPS) is 16.4. The second-order valence-corrected chi connectivity index (χ2v) is 6.25. The molecule has 5 nitrogen and oxygen atoms in total. The highest BCUT2D eigenvalue weighted by Gasteiger charge is 2.20. The minimum atomic E-state index is -0.0172. The Morgan fingerprint density at radius 1 is 1.39 bits per heavy atom. The van der Waals surface area contributed by atoms with Gasteiger partial charge in [-0.15, -0.1) is 0 Å². The second-order valence-electron chi connectivity index (χ2n) is 6.25. The summed E-state index contributed by atoms with van der Waals surface area (Å²) in [6.07, 6.45) is 9.11. The van der Waals surface area contributed by atoms with Crippen LogP contribution >= 0.6 is 0 Å². The lowest BCUT2D eigenvalue weighted by Crippen LogP contribution is -2.38. The third-order valence-electron chi connectivity index (χ3n) is 4.53. The number of rotatable bonds is 5. The molecule has 0 radical (unpaired) electrons. The van der Waals surface area contributed by atoms with Crippen molar-refractivity contribution in [1.82, 2.24) is 15.2 Å². The zero-order chi connectivity index (χ0) is 16.1. The summed E-state index contributed by atoms with van der Waals surface area (Å²) in [6.45, 7) is 5.76. The number of aromatic nitrogens is 1. The Kier molecular flexibility index (Phi) is 5.08. The summed E-state index contributed by atoms with van der Waals surface area (Å²) in [5, 5.41) is 3.06. The molecule has 1 saturated heterocycles. The maximum absolute atomic E-state index is 12.2. The number of aryl methyl sites for hydroxylation is 1. The molecule has 122 valence electrons. The maximum Gasteiger partial charge on any atom is 0.253 e. The largest absolute Gasteiger partial charge is 0.472 e. The van der Waals surface area contributed by atoms with Gasteiger partial charge < -0.3 is 9.73 Å². The number of furan rings is 1. The van der Waals surface area contributed by atoms with Gasteiger partial charge in [-0.25, -0.2) is 0 Å². The summed E-state index contributed by atoms with van der Waals surface area (Å²) in [6, 6.07) is 3.88. The molecule has 0 saturated carbocycles. The third kappa shape index (κ3) is 4.20. The van der Waals surface area contributed by atoms with E-state index in [2.05, 4.69) is 15.2 Å². The SMILES string of the molecule is Cc1ccncc1C(=O)NCC1CCN(Cc2ccoc2)CC1. The van der Waals surface area contributed by atoms with Crippen molar-refractivity contribution in [2.45, 2.75) is 26.3 Å². The number of carbonyl (C=O) groups excluding carboxylic acids is 1. The predicted octanol–water partition coefficient (Wildman–Crippen LogP) is 2.63. The fourth-order valence-electron chi connectivity index (χ4n) is 3.02. The molecule has 0 unspecified atom stereocenters. The lowest BCUT2D eigenvalue weighted by atomic mass is 9.96. The average molecular weight is 313 g/mol. The van der Waals surface area contributed by atoms with Crippen LogP contribution in [0.5, 0.6) is 0 Å². The van der Waals surface area contributed by atoms with Gasteiger partial charge in [0.1, 0.15) is 0 Å². The number of amides is 1. The number of hydrogen-bond donors (Lipinski definition) is 1. The molecule has 23 heavy (non-hydrogen) atoms. The van der Waals surface area contributed by atoms with Crippen LogP contribution in [0.4, 0.5) is 0 Å². The van der Waals surface area contributed by atoms with Crippen molar-refractivity contribution in [3.05, 3.63) is 53.7 Å². The molecule has 0 aliphatic carbocycles. The van der Waals surface area contributed by atoms with Gasteiger partial charge in [0, 0.05) is 31.0 Å². The van der Waals surface area contributed by atoms with Crippen LogP contribution in [0.15, 0.2) is 41.5 Å². The minimum Gasteiger partial charge on any atom is -0.472 e. The van der Waals surface area contributed by atoms with E-state index in [0.29, 0.717) is 11.5 Å². The van der Waals surface area contributed by atoms with E-state index >= 15 is 0 Å². The first-order chi connectivity index (χ1) is 11.2. The number of nitrogens with zero attached hydrogens (tertiary/aromatic N) is 2. The Morgan fingerprint density at radius 2 is 2.22 bits per heavy atom. The summed E-state index contributed by atoms with van der Waals surface area (Å²) in [7, 11) is 0. The molecule has 2 aromatic rings. The quantitative estimate of drug-likeness (QED) is 0.922. The summed E-state index contributed by atoms with van der Waals surface area (Å²) in [5.74, 6) is 0.535. The van der Waals surface area contributed by atoms with Crippen LogP contribution in [0.1, 0.15) is 34.3 Å². The molecule has 1 aliphatic rings. The molecule has 0 atom stereocenters. The Morgan fingerprint density at radius 3 is 2.91 bits per heavy atom. The lowest BCUT2D eigenvalue weighted by Gasteiger charge is -2.31. The van der Waals surface area contributed by atoms with Gasteiger partial charge in [0.25, 0.3) is 5.91 Å². The van der Waals surface area contributed by atoms with Crippen molar-refractivity contribution >= 4 is 5.91 Å². The predicted molar refractivity (Wildman–Crippen MR) is 88.0 cm³/mol. The van der Waals surface area contributed by atoms with E-state index in [0.717, 1.165) is 44.6 Å². The number of carbonyl (C=O) groups is 1. The zero-order valence-electron chi connectivity index (χ0n) is 13.5. The van der Waals surface area contributed by atoms with Gasteiger partial charge >= 0.3 is 0 Å². The number of pyridine rings is 1. The monoisotopic (exact) mass is 313 g/mol. The van der Waals surface area contributed by atoms with Crippen LogP contribution in [0.3, 0.4) is 0 Å². The van der Waals surface area contributed by atoms with Crippen molar-refractivity contribution in [2.75, 3.05) is 19.6 Å². The van der Waals surface area contributed by atoms with E-state index < -0.39 is 0 Å². The second kappa shape index (κ2) is 7.42. The van der Waals surface area contributed by atoms with E-state index in [4.69, 9.17) is 4.42 Å². The molecule has 3 rings (SSSR count). The highest BCUT2D eigenvalue weighted by Crippen LogP contribution is 2.18. The highest BCUT2D eigenvalue weighted by molar-refractivity contribution is 5.95. The topological polar surface area (TPSA) is 58.4 Å². The molecule has 2 aromatic heterocycles. The molecule has 1 amide bonds. The fraction of sp³-hybridized carbons (Fsp3) is 0.444. The average Bonchev–Trinajstić information content (AvgIpc) is 3.07. The first-order valence-corrected chi connectivity index (χ1v) is 8.14. The number of likely N-dealkylation sites (tertiary alicyclic amines) is 1. The van der Waals surface area contributed by atoms with Gasteiger partial charge in [0.2, 0.25) is 0 Å². The van der Waals surface area contributed by atoms with Crippen LogP contribution in [0.2, 0.25) is 0 Å². The van der Waals surface area contributed by atoms with Crippen LogP contribution < -0.4 is 5.32 Å². The fourth-order valence-corrected chi connectivity index (χ4v) is 3.02. The maximum atomic E-state index is 12.2. The van der Waals surface area contributed by atoms with Gasteiger partial charge in [-0.2, -0.15) is 0 Å². The molecule has 1 N–H and O–H groups in total. The number of piperidine rings is 1. The van der Waals surface area contributed by atoms with Crippen LogP contribution in [0.25, 0.3) is 0 Å². The Bertz CT molecular complexity index is 631. The van der Waals surface area contributed by atoms with Gasteiger partial charge in [-0.3, -0.25) is 14.7 Å². The Labute approximate surface area is 136 Å². The highest BCUT2D eigenvalue weighted by atomic mass is 16.3. The van der Waals surface area contributed by atoms with Gasteiger partial charge in [0.15, 0.2) is 0 Å². The van der Waals surface area contributed by atoms with E-state index in [1.54, 1.807) is 18.7 Å². The molecule has 5 heteroatoms. The van der Waals surface area contributed by atoms with Crippen molar-refractivity contribution in [3.8, 4) is 0 Å². The van der Waals surface area contributed by atoms with Crippen LogP contribution in [-0.4, -0.2) is 35.4 Å². The van der Waals surface area contributed by atoms with Gasteiger partial charge in [-0.1, -0.05) is 0 Å². The molecule has 3 heterocycles. The van der Waals surface area contributed by atoms with Crippen molar-refractivity contribution in [2.24, 2.45) is 5.92 Å². The molecule has 1 aliphatic heterocycles. The molecular formula is C18H23N3O2. The summed E-state index contributed by atoms with van der Waals surface area (Å²) in [5.41, 5.74) is 2.86.